The third kappa shape index (κ3) is 3.93. The average Bonchev–Trinajstić information content (AvgIpc) is 2.48. The lowest BCUT2D eigenvalue weighted by Gasteiger charge is -2.06. The summed E-state index contributed by atoms with van der Waals surface area (Å²) in [6.45, 7) is 1.83. The van der Waals surface area contributed by atoms with Crippen molar-refractivity contribution in [2.45, 2.75) is 6.92 Å². The lowest BCUT2D eigenvalue weighted by molar-refractivity contribution is -0.385. The largest absolute Gasteiger partial charge is 0.322 e. The number of amides is 1. The summed E-state index contributed by atoms with van der Waals surface area (Å²) in [4.78, 5) is 22.3. The second-order valence-electron chi connectivity index (χ2n) is 4.60. The standard InChI is InChI=1S/C16H13ClN2O3/c1-11-10-13(17)7-8-14(11)18-16(20)9-6-12-4-2-3-5-15(12)19(21)22/h2-10H,1H3,(H,18,20)/b9-6+. The Labute approximate surface area is 132 Å². The zero-order chi connectivity index (χ0) is 16.1. The molecule has 0 bridgehead atoms. The number of nitrogens with one attached hydrogen (secondary N) is 1. The fraction of sp³-hybridized carbons (Fsp3) is 0.0625. The van der Waals surface area contributed by atoms with Crippen LogP contribution in [0.5, 0.6) is 0 Å². The summed E-state index contributed by atoms with van der Waals surface area (Å²) in [5, 5.41) is 14.2. The van der Waals surface area contributed by atoms with Crippen molar-refractivity contribution in [3.63, 3.8) is 0 Å². The maximum absolute atomic E-state index is 11.9. The Kier molecular flexibility index (Phi) is 4.91. The molecule has 2 aromatic rings. The highest BCUT2D eigenvalue weighted by atomic mass is 35.5. The number of hydrogen-bond acceptors (Lipinski definition) is 3. The molecule has 0 aromatic heterocycles. The van der Waals surface area contributed by atoms with Gasteiger partial charge >= 0.3 is 0 Å². The molecule has 2 rings (SSSR count). The summed E-state index contributed by atoms with van der Waals surface area (Å²) in [5.74, 6) is -0.372. The van der Waals surface area contributed by atoms with Crippen molar-refractivity contribution in [2.75, 3.05) is 5.32 Å². The molecule has 2 aromatic carbocycles. The van der Waals surface area contributed by atoms with E-state index in [0.717, 1.165) is 5.56 Å². The minimum atomic E-state index is -0.485. The van der Waals surface area contributed by atoms with Crippen molar-refractivity contribution in [3.8, 4) is 0 Å². The van der Waals surface area contributed by atoms with Gasteiger partial charge in [-0.2, -0.15) is 0 Å². The molecule has 0 spiro atoms. The fourth-order valence-electron chi connectivity index (χ4n) is 1.90. The number of benzene rings is 2. The van der Waals surface area contributed by atoms with E-state index in [2.05, 4.69) is 5.32 Å². The van der Waals surface area contributed by atoms with Gasteiger partial charge in [-0.1, -0.05) is 23.7 Å². The summed E-state index contributed by atoms with van der Waals surface area (Å²) in [7, 11) is 0. The van der Waals surface area contributed by atoms with E-state index < -0.39 is 4.92 Å². The highest BCUT2D eigenvalue weighted by Crippen LogP contribution is 2.21. The fourth-order valence-corrected chi connectivity index (χ4v) is 2.13. The molecule has 1 amide bonds. The molecule has 0 heterocycles. The van der Waals surface area contributed by atoms with E-state index >= 15 is 0 Å². The molecule has 5 nitrogen and oxygen atoms in total. The van der Waals surface area contributed by atoms with E-state index in [9.17, 15) is 14.9 Å². The molecule has 0 atom stereocenters. The molecule has 0 fully saturated rings. The number of halogens is 1. The summed E-state index contributed by atoms with van der Waals surface area (Å²) >= 11 is 5.85. The topological polar surface area (TPSA) is 72.2 Å². The molecule has 0 saturated carbocycles. The van der Waals surface area contributed by atoms with Crippen LogP contribution in [0, 0.1) is 17.0 Å². The molecule has 0 aliphatic heterocycles. The van der Waals surface area contributed by atoms with Crippen LogP contribution in [0.25, 0.3) is 6.08 Å². The van der Waals surface area contributed by atoms with Gasteiger partial charge in [0.15, 0.2) is 0 Å². The molecule has 112 valence electrons. The number of aryl methyl sites for hydroxylation is 1. The van der Waals surface area contributed by atoms with Gasteiger partial charge in [-0.15, -0.1) is 0 Å². The molecule has 0 aliphatic rings. The van der Waals surface area contributed by atoms with Crippen LogP contribution < -0.4 is 5.32 Å². The Balaban J connectivity index is 2.14. The van der Waals surface area contributed by atoms with Crippen molar-refractivity contribution in [3.05, 3.63) is 74.8 Å². The van der Waals surface area contributed by atoms with Crippen LogP contribution in [0.15, 0.2) is 48.5 Å². The second kappa shape index (κ2) is 6.87. The molecule has 22 heavy (non-hydrogen) atoms. The highest BCUT2D eigenvalue weighted by molar-refractivity contribution is 6.30. The summed E-state index contributed by atoms with van der Waals surface area (Å²) in [6.07, 6.45) is 2.68. The first-order valence-corrected chi connectivity index (χ1v) is 6.84. The lowest BCUT2D eigenvalue weighted by Crippen LogP contribution is -2.08. The van der Waals surface area contributed by atoms with Crippen LogP contribution in [-0.2, 0) is 4.79 Å². The number of nitrogens with zero attached hydrogens (tertiary/aromatic N) is 1. The van der Waals surface area contributed by atoms with Gasteiger partial charge in [0.25, 0.3) is 5.69 Å². The van der Waals surface area contributed by atoms with Crippen LogP contribution in [0.2, 0.25) is 5.02 Å². The number of anilines is 1. The van der Waals surface area contributed by atoms with E-state index in [4.69, 9.17) is 11.6 Å². The van der Waals surface area contributed by atoms with Gasteiger partial charge in [-0.25, -0.2) is 0 Å². The molecule has 0 aliphatic carbocycles. The van der Waals surface area contributed by atoms with Gasteiger partial charge in [-0.3, -0.25) is 14.9 Å². The Hall–Kier alpha value is -2.66. The highest BCUT2D eigenvalue weighted by Gasteiger charge is 2.10. The Bertz CT molecular complexity index is 757. The molecular formula is C16H13ClN2O3. The van der Waals surface area contributed by atoms with Gasteiger partial charge in [0.2, 0.25) is 5.91 Å². The smallest absolute Gasteiger partial charge is 0.276 e. The number of carbonyl (C=O) groups excluding carboxylic acids is 1. The number of carbonyl (C=O) groups is 1. The third-order valence-electron chi connectivity index (χ3n) is 2.99. The Morgan fingerprint density at radius 1 is 1.27 bits per heavy atom. The Morgan fingerprint density at radius 3 is 2.68 bits per heavy atom. The summed E-state index contributed by atoms with van der Waals surface area (Å²) in [6, 6.07) is 11.3. The van der Waals surface area contributed by atoms with Crippen molar-refractivity contribution >= 4 is 35.0 Å². The van der Waals surface area contributed by atoms with E-state index in [1.165, 1.54) is 18.2 Å². The SMILES string of the molecule is Cc1cc(Cl)ccc1NC(=O)/C=C/c1ccccc1[N+](=O)[O-]. The van der Waals surface area contributed by atoms with Crippen molar-refractivity contribution in [2.24, 2.45) is 0 Å². The monoisotopic (exact) mass is 316 g/mol. The van der Waals surface area contributed by atoms with E-state index in [1.807, 2.05) is 6.92 Å². The predicted molar refractivity (Wildman–Crippen MR) is 86.9 cm³/mol. The molecular weight excluding hydrogens is 304 g/mol. The molecule has 0 saturated heterocycles. The van der Waals surface area contributed by atoms with Crippen molar-refractivity contribution in [1.82, 2.24) is 0 Å². The third-order valence-corrected chi connectivity index (χ3v) is 3.23. The van der Waals surface area contributed by atoms with Gasteiger partial charge in [0, 0.05) is 22.9 Å². The molecule has 0 unspecified atom stereocenters. The van der Waals surface area contributed by atoms with Crippen LogP contribution in [0.1, 0.15) is 11.1 Å². The lowest BCUT2D eigenvalue weighted by atomic mass is 10.1. The maximum atomic E-state index is 11.9. The van der Waals surface area contributed by atoms with E-state index in [1.54, 1.807) is 36.4 Å². The normalized spacial score (nSPS) is 10.6. The van der Waals surface area contributed by atoms with Crippen LogP contribution in [0.3, 0.4) is 0 Å². The quantitative estimate of drug-likeness (QED) is 0.521. The first kappa shape index (κ1) is 15.7. The first-order valence-electron chi connectivity index (χ1n) is 6.46. The Morgan fingerprint density at radius 2 is 2.00 bits per heavy atom. The molecule has 0 radical (unpaired) electrons. The van der Waals surface area contributed by atoms with Crippen LogP contribution in [-0.4, -0.2) is 10.8 Å². The number of rotatable bonds is 4. The minimum Gasteiger partial charge on any atom is -0.322 e. The second-order valence-corrected chi connectivity index (χ2v) is 5.03. The van der Waals surface area contributed by atoms with Crippen LogP contribution >= 0.6 is 11.6 Å². The first-order chi connectivity index (χ1) is 10.5. The van der Waals surface area contributed by atoms with Gasteiger partial charge in [-0.05, 0) is 42.8 Å². The minimum absolute atomic E-state index is 0.0470. The average molecular weight is 317 g/mol. The van der Waals surface area contributed by atoms with Crippen LogP contribution in [0.4, 0.5) is 11.4 Å². The maximum Gasteiger partial charge on any atom is 0.276 e. The van der Waals surface area contributed by atoms with E-state index in [0.29, 0.717) is 16.3 Å². The van der Waals surface area contributed by atoms with Gasteiger partial charge < -0.3 is 5.32 Å². The zero-order valence-corrected chi connectivity index (χ0v) is 12.5. The van der Waals surface area contributed by atoms with Crippen molar-refractivity contribution in [1.29, 1.82) is 0 Å². The molecule has 6 heteroatoms. The van der Waals surface area contributed by atoms with Gasteiger partial charge in [0.1, 0.15) is 0 Å². The number of hydrogen-bond donors (Lipinski definition) is 1. The van der Waals surface area contributed by atoms with E-state index in [-0.39, 0.29) is 11.6 Å². The number of nitro benzene ring substituents is 1. The summed E-state index contributed by atoms with van der Waals surface area (Å²) < 4.78 is 0. The predicted octanol–water partition coefficient (Wildman–Crippen LogP) is 4.21. The number of para-hydroxylation sites is 1. The number of nitro groups is 1. The zero-order valence-electron chi connectivity index (χ0n) is 11.7. The molecule has 1 N–H and O–H groups in total. The summed E-state index contributed by atoms with van der Waals surface area (Å²) in [5.41, 5.74) is 1.80. The van der Waals surface area contributed by atoms with Gasteiger partial charge in [0.05, 0.1) is 10.5 Å². The van der Waals surface area contributed by atoms with Crippen molar-refractivity contribution < 1.29 is 9.72 Å².